The first-order chi connectivity index (χ1) is 11.4. The maximum absolute atomic E-state index is 12.6. The van der Waals surface area contributed by atoms with Crippen LogP contribution in [0.5, 0.6) is 0 Å². The highest BCUT2D eigenvalue weighted by Gasteiger charge is 2.43. The van der Waals surface area contributed by atoms with E-state index >= 15 is 0 Å². The molecule has 24 heavy (non-hydrogen) atoms. The van der Waals surface area contributed by atoms with Gasteiger partial charge in [0, 0.05) is 30.7 Å². The zero-order chi connectivity index (χ0) is 17.2. The summed E-state index contributed by atoms with van der Waals surface area (Å²) in [5.74, 6) is -0.330. The molecule has 1 saturated heterocycles. The second-order valence-corrected chi connectivity index (χ2v) is 6.44. The van der Waals surface area contributed by atoms with E-state index in [4.69, 9.17) is 4.74 Å². The Balaban J connectivity index is 1.60. The third kappa shape index (κ3) is 3.57. The Hall–Kier alpha value is -1.60. The first-order valence-electron chi connectivity index (χ1n) is 8.19. The number of ether oxygens (including phenoxy) is 1. The van der Waals surface area contributed by atoms with Crippen LogP contribution in [0.2, 0.25) is 0 Å². The van der Waals surface area contributed by atoms with Gasteiger partial charge in [0.15, 0.2) is 0 Å². The predicted octanol–water partition coefficient (Wildman–Crippen LogP) is 2.69. The summed E-state index contributed by atoms with van der Waals surface area (Å²) in [5, 5.41) is 2.89. The van der Waals surface area contributed by atoms with Crippen LogP contribution < -0.4 is 5.32 Å². The standard InChI is InChI=1S/C17H21F3N2O2/c18-17(19,20)14-4-2-13(3-5-14)15(23)21-12-16(6-1-7-16)22-8-10-24-11-9-22/h2-5H,1,6-12H2,(H,21,23). The number of morpholine rings is 1. The van der Waals surface area contributed by atoms with E-state index in [1.54, 1.807) is 0 Å². The third-order valence-corrected chi connectivity index (χ3v) is 5.02. The van der Waals surface area contributed by atoms with Crippen LogP contribution in [0.25, 0.3) is 0 Å². The lowest BCUT2D eigenvalue weighted by Gasteiger charge is -2.51. The van der Waals surface area contributed by atoms with E-state index in [1.165, 1.54) is 12.1 Å². The molecule has 1 amide bonds. The van der Waals surface area contributed by atoms with Gasteiger partial charge in [0.05, 0.1) is 18.8 Å². The minimum absolute atomic E-state index is 0.0225. The molecule has 132 valence electrons. The van der Waals surface area contributed by atoms with Gasteiger partial charge in [-0.05, 0) is 43.5 Å². The van der Waals surface area contributed by atoms with E-state index < -0.39 is 11.7 Å². The minimum atomic E-state index is -4.39. The van der Waals surface area contributed by atoms with Crippen molar-refractivity contribution in [2.75, 3.05) is 32.8 Å². The van der Waals surface area contributed by atoms with Gasteiger partial charge < -0.3 is 10.1 Å². The van der Waals surface area contributed by atoms with Crippen molar-refractivity contribution in [3.05, 3.63) is 35.4 Å². The molecule has 0 aromatic heterocycles. The van der Waals surface area contributed by atoms with Crippen molar-refractivity contribution in [1.82, 2.24) is 10.2 Å². The van der Waals surface area contributed by atoms with Gasteiger partial charge in [-0.1, -0.05) is 0 Å². The number of carbonyl (C=O) groups is 1. The Morgan fingerprint density at radius 3 is 2.29 bits per heavy atom. The largest absolute Gasteiger partial charge is 0.416 e. The van der Waals surface area contributed by atoms with Crippen LogP contribution in [0.4, 0.5) is 13.2 Å². The summed E-state index contributed by atoms with van der Waals surface area (Å²) >= 11 is 0. The minimum Gasteiger partial charge on any atom is -0.379 e. The normalized spacial score (nSPS) is 21.1. The average Bonchev–Trinajstić information content (AvgIpc) is 2.54. The fourth-order valence-corrected chi connectivity index (χ4v) is 3.38. The number of alkyl halides is 3. The van der Waals surface area contributed by atoms with Gasteiger partial charge >= 0.3 is 6.18 Å². The molecule has 7 heteroatoms. The Labute approximate surface area is 139 Å². The molecule has 1 saturated carbocycles. The molecule has 1 aliphatic carbocycles. The third-order valence-electron chi connectivity index (χ3n) is 5.02. The summed E-state index contributed by atoms with van der Waals surface area (Å²) in [6, 6.07) is 4.33. The van der Waals surface area contributed by atoms with E-state index in [0.717, 1.165) is 44.5 Å². The van der Waals surface area contributed by atoms with Gasteiger partial charge in [-0.2, -0.15) is 13.2 Å². The fraction of sp³-hybridized carbons (Fsp3) is 0.588. The summed E-state index contributed by atoms with van der Waals surface area (Å²) in [7, 11) is 0. The maximum Gasteiger partial charge on any atom is 0.416 e. The van der Waals surface area contributed by atoms with Crippen LogP contribution in [0.1, 0.15) is 35.2 Å². The zero-order valence-electron chi connectivity index (χ0n) is 13.4. The summed E-state index contributed by atoms with van der Waals surface area (Å²) in [6.45, 7) is 3.64. The summed E-state index contributed by atoms with van der Waals surface area (Å²) in [4.78, 5) is 14.6. The van der Waals surface area contributed by atoms with E-state index in [0.29, 0.717) is 19.8 Å². The monoisotopic (exact) mass is 342 g/mol. The highest BCUT2D eigenvalue weighted by Crippen LogP contribution is 2.37. The van der Waals surface area contributed by atoms with Crippen molar-refractivity contribution >= 4 is 5.91 Å². The van der Waals surface area contributed by atoms with Crippen LogP contribution in [0, 0.1) is 0 Å². The molecule has 2 aliphatic rings. The first-order valence-corrected chi connectivity index (χ1v) is 8.19. The molecule has 0 spiro atoms. The molecule has 0 radical (unpaired) electrons. The predicted molar refractivity (Wildman–Crippen MR) is 82.8 cm³/mol. The molecule has 3 rings (SSSR count). The van der Waals surface area contributed by atoms with Crippen LogP contribution in [-0.2, 0) is 10.9 Å². The lowest BCUT2D eigenvalue weighted by atomic mass is 9.75. The highest BCUT2D eigenvalue weighted by molar-refractivity contribution is 5.94. The molecule has 1 N–H and O–H groups in total. The Morgan fingerprint density at radius 2 is 1.79 bits per heavy atom. The molecular weight excluding hydrogens is 321 g/mol. The van der Waals surface area contributed by atoms with E-state index in [2.05, 4.69) is 10.2 Å². The molecular formula is C17H21F3N2O2. The van der Waals surface area contributed by atoms with Crippen LogP contribution in [0.3, 0.4) is 0 Å². The van der Waals surface area contributed by atoms with Crippen LogP contribution >= 0.6 is 0 Å². The number of amides is 1. The van der Waals surface area contributed by atoms with Crippen molar-refractivity contribution in [3.8, 4) is 0 Å². The highest BCUT2D eigenvalue weighted by atomic mass is 19.4. The Morgan fingerprint density at radius 1 is 1.17 bits per heavy atom. The number of nitrogens with zero attached hydrogens (tertiary/aromatic N) is 1. The van der Waals surface area contributed by atoms with Crippen molar-refractivity contribution in [2.45, 2.75) is 31.0 Å². The van der Waals surface area contributed by atoms with Gasteiger partial charge in [-0.3, -0.25) is 9.69 Å². The molecule has 1 aliphatic heterocycles. The number of nitrogens with one attached hydrogen (secondary N) is 1. The second kappa shape index (κ2) is 6.72. The quantitative estimate of drug-likeness (QED) is 0.915. The number of halogens is 3. The molecule has 0 bridgehead atoms. The number of carbonyl (C=O) groups excluding carboxylic acids is 1. The molecule has 1 heterocycles. The van der Waals surface area contributed by atoms with E-state index in [9.17, 15) is 18.0 Å². The summed E-state index contributed by atoms with van der Waals surface area (Å²) < 4.78 is 43.1. The van der Waals surface area contributed by atoms with Gasteiger partial charge in [-0.25, -0.2) is 0 Å². The summed E-state index contributed by atoms with van der Waals surface area (Å²) in [6.07, 6.45) is -1.20. The molecule has 2 fully saturated rings. The lowest BCUT2D eigenvalue weighted by Crippen LogP contribution is -2.62. The topological polar surface area (TPSA) is 41.6 Å². The van der Waals surface area contributed by atoms with Gasteiger partial charge in [-0.15, -0.1) is 0 Å². The van der Waals surface area contributed by atoms with E-state index in [1.807, 2.05) is 0 Å². The second-order valence-electron chi connectivity index (χ2n) is 6.44. The average molecular weight is 342 g/mol. The van der Waals surface area contributed by atoms with E-state index in [-0.39, 0.29) is 17.0 Å². The number of hydrogen-bond acceptors (Lipinski definition) is 3. The number of hydrogen-bond donors (Lipinski definition) is 1. The van der Waals surface area contributed by atoms with Gasteiger partial charge in [0.25, 0.3) is 5.91 Å². The molecule has 1 aromatic carbocycles. The Kier molecular flexibility index (Phi) is 4.83. The molecule has 1 aromatic rings. The number of rotatable bonds is 4. The maximum atomic E-state index is 12.6. The lowest BCUT2D eigenvalue weighted by molar-refractivity contribution is -0.137. The zero-order valence-corrected chi connectivity index (χ0v) is 13.4. The fourth-order valence-electron chi connectivity index (χ4n) is 3.38. The summed E-state index contributed by atoms with van der Waals surface area (Å²) in [5.41, 5.74) is -0.520. The smallest absolute Gasteiger partial charge is 0.379 e. The van der Waals surface area contributed by atoms with Crippen LogP contribution in [0.15, 0.2) is 24.3 Å². The number of benzene rings is 1. The van der Waals surface area contributed by atoms with Crippen molar-refractivity contribution in [2.24, 2.45) is 0 Å². The van der Waals surface area contributed by atoms with Crippen molar-refractivity contribution in [3.63, 3.8) is 0 Å². The molecule has 4 nitrogen and oxygen atoms in total. The van der Waals surface area contributed by atoms with Crippen molar-refractivity contribution in [1.29, 1.82) is 0 Å². The molecule has 0 unspecified atom stereocenters. The SMILES string of the molecule is O=C(NCC1(N2CCOCC2)CCC1)c1ccc(C(F)(F)F)cc1. The molecule has 0 atom stereocenters. The first kappa shape index (κ1) is 17.2. The Bertz CT molecular complexity index is 576. The van der Waals surface area contributed by atoms with Crippen molar-refractivity contribution < 1.29 is 22.7 Å². The van der Waals surface area contributed by atoms with Crippen LogP contribution in [-0.4, -0.2) is 49.2 Å². The van der Waals surface area contributed by atoms with Gasteiger partial charge in [0.1, 0.15) is 0 Å². The van der Waals surface area contributed by atoms with Gasteiger partial charge in [0.2, 0.25) is 0 Å².